The molecule has 17 heavy (non-hydrogen) atoms. The number of nitrogens with two attached hydrogens (primary N) is 1. The molecule has 1 aromatic rings. The second-order valence-corrected chi connectivity index (χ2v) is 3.80. The molecular weight excluding hydrogens is 249 g/mol. The summed E-state index contributed by atoms with van der Waals surface area (Å²) in [4.78, 5) is 11.3. The van der Waals surface area contributed by atoms with E-state index in [4.69, 9.17) is 17.3 Å². The molecule has 3 N–H and O–H groups in total. The summed E-state index contributed by atoms with van der Waals surface area (Å²) in [6.45, 7) is 1.78. The van der Waals surface area contributed by atoms with E-state index < -0.39 is 23.9 Å². The van der Waals surface area contributed by atoms with Gasteiger partial charge in [-0.3, -0.25) is 4.79 Å². The zero-order valence-electron chi connectivity index (χ0n) is 9.19. The molecule has 0 aliphatic rings. The van der Waals surface area contributed by atoms with E-state index >= 15 is 0 Å². The molecule has 94 valence electrons. The third kappa shape index (κ3) is 3.39. The molecule has 0 heterocycles. The lowest BCUT2D eigenvalue weighted by Gasteiger charge is -2.17. The van der Waals surface area contributed by atoms with Crippen LogP contribution in [-0.2, 0) is 9.53 Å². The van der Waals surface area contributed by atoms with E-state index in [1.165, 1.54) is 12.1 Å². The maximum Gasteiger partial charge on any atom is 0.325 e. The quantitative estimate of drug-likeness (QED) is 0.804. The first kappa shape index (κ1) is 13.9. The van der Waals surface area contributed by atoms with Gasteiger partial charge in [-0.15, -0.1) is 0 Å². The van der Waals surface area contributed by atoms with Gasteiger partial charge in [0.05, 0.1) is 11.6 Å². The van der Waals surface area contributed by atoms with Crippen molar-refractivity contribution in [3.63, 3.8) is 0 Å². The van der Waals surface area contributed by atoms with Gasteiger partial charge in [-0.1, -0.05) is 17.7 Å². The predicted molar refractivity (Wildman–Crippen MR) is 61.0 cm³/mol. The van der Waals surface area contributed by atoms with Crippen LogP contribution >= 0.6 is 11.6 Å². The fourth-order valence-electron chi connectivity index (χ4n) is 1.27. The van der Waals surface area contributed by atoms with Gasteiger partial charge in [-0.05, 0) is 24.6 Å². The lowest BCUT2D eigenvalue weighted by atomic mass is 10.0. The number of carbonyl (C=O) groups is 1. The van der Waals surface area contributed by atoms with Crippen molar-refractivity contribution >= 4 is 17.6 Å². The Labute approximate surface area is 103 Å². The van der Waals surface area contributed by atoms with Crippen molar-refractivity contribution in [2.24, 2.45) is 5.73 Å². The number of esters is 1. The summed E-state index contributed by atoms with van der Waals surface area (Å²) in [5.74, 6) is -1.42. The van der Waals surface area contributed by atoms with E-state index in [-0.39, 0.29) is 17.2 Å². The van der Waals surface area contributed by atoms with Crippen molar-refractivity contribution in [2.45, 2.75) is 19.1 Å². The summed E-state index contributed by atoms with van der Waals surface area (Å²) in [5, 5.41) is 9.70. The molecule has 2 atom stereocenters. The number of hydrogen-bond acceptors (Lipinski definition) is 4. The van der Waals surface area contributed by atoms with Gasteiger partial charge in [0.25, 0.3) is 0 Å². The Hall–Kier alpha value is -1.17. The zero-order chi connectivity index (χ0) is 13.0. The standard InChI is InChI=1S/C11H13ClFNO3/c1-2-17-11(16)9(14)10(15)6-3-4-7(12)8(13)5-6/h3-5,9-10,15H,2,14H2,1H3/t9-,10+/m0/s1. The Morgan fingerprint density at radius 3 is 2.82 bits per heavy atom. The highest BCUT2D eigenvalue weighted by atomic mass is 35.5. The molecule has 6 heteroatoms. The lowest BCUT2D eigenvalue weighted by Crippen LogP contribution is -2.38. The van der Waals surface area contributed by atoms with Crippen LogP contribution in [0.2, 0.25) is 5.02 Å². The number of carbonyl (C=O) groups excluding carboxylic acids is 1. The molecule has 4 nitrogen and oxygen atoms in total. The highest BCUT2D eigenvalue weighted by Gasteiger charge is 2.25. The second-order valence-electron chi connectivity index (χ2n) is 3.40. The van der Waals surface area contributed by atoms with Crippen molar-refractivity contribution in [1.29, 1.82) is 0 Å². The maximum absolute atomic E-state index is 13.2. The molecule has 0 radical (unpaired) electrons. The monoisotopic (exact) mass is 261 g/mol. The summed E-state index contributed by atoms with van der Waals surface area (Å²) in [7, 11) is 0. The molecular formula is C11H13ClFNO3. The van der Waals surface area contributed by atoms with E-state index in [2.05, 4.69) is 4.74 Å². The number of aliphatic hydroxyl groups is 1. The maximum atomic E-state index is 13.2. The van der Waals surface area contributed by atoms with E-state index in [0.29, 0.717) is 0 Å². The molecule has 1 aromatic carbocycles. The van der Waals surface area contributed by atoms with E-state index in [0.717, 1.165) is 6.07 Å². The van der Waals surface area contributed by atoms with Crippen LogP contribution in [0, 0.1) is 5.82 Å². The highest BCUT2D eigenvalue weighted by Crippen LogP contribution is 2.22. The number of rotatable bonds is 4. The first-order chi connectivity index (χ1) is 7.97. The minimum Gasteiger partial charge on any atom is -0.465 e. The van der Waals surface area contributed by atoms with Gasteiger partial charge < -0.3 is 15.6 Å². The molecule has 0 bridgehead atoms. The SMILES string of the molecule is CCOC(=O)[C@@H](N)[C@H](O)c1ccc(Cl)c(F)c1. The van der Waals surface area contributed by atoms with Gasteiger partial charge in [0.2, 0.25) is 0 Å². The topological polar surface area (TPSA) is 72.5 Å². The Kier molecular flexibility index (Phi) is 4.86. The van der Waals surface area contributed by atoms with Crippen LogP contribution in [0.25, 0.3) is 0 Å². The highest BCUT2D eigenvalue weighted by molar-refractivity contribution is 6.30. The molecule has 1 rings (SSSR count). The molecule has 0 spiro atoms. The number of aliphatic hydroxyl groups excluding tert-OH is 1. The van der Waals surface area contributed by atoms with Crippen LogP contribution in [0.4, 0.5) is 4.39 Å². The molecule has 0 aliphatic carbocycles. The first-order valence-corrected chi connectivity index (χ1v) is 5.40. The zero-order valence-corrected chi connectivity index (χ0v) is 9.95. The molecule has 0 aromatic heterocycles. The Balaban J connectivity index is 2.84. The van der Waals surface area contributed by atoms with E-state index in [9.17, 15) is 14.3 Å². The van der Waals surface area contributed by atoms with Crippen LogP contribution in [0.5, 0.6) is 0 Å². The van der Waals surface area contributed by atoms with Crippen molar-refractivity contribution in [2.75, 3.05) is 6.61 Å². The molecule has 0 saturated heterocycles. The summed E-state index contributed by atoms with van der Waals surface area (Å²) < 4.78 is 17.8. The smallest absolute Gasteiger partial charge is 0.325 e. The number of halogens is 2. The average Bonchev–Trinajstić information content (AvgIpc) is 2.31. The number of ether oxygens (including phenoxy) is 1. The Morgan fingerprint density at radius 2 is 2.29 bits per heavy atom. The van der Waals surface area contributed by atoms with Crippen molar-refractivity contribution in [1.82, 2.24) is 0 Å². The number of benzene rings is 1. The van der Waals surface area contributed by atoms with Crippen molar-refractivity contribution in [3.05, 3.63) is 34.6 Å². The Bertz CT molecular complexity index is 414. The van der Waals surface area contributed by atoms with Crippen LogP contribution in [-0.4, -0.2) is 23.7 Å². The summed E-state index contributed by atoms with van der Waals surface area (Å²) in [5.41, 5.74) is 5.66. The number of hydrogen-bond donors (Lipinski definition) is 2. The Morgan fingerprint density at radius 1 is 1.65 bits per heavy atom. The van der Waals surface area contributed by atoms with Gasteiger partial charge in [0.1, 0.15) is 18.0 Å². The van der Waals surface area contributed by atoms with E-state index in [1.54, 1.807) is 6.92 Å². The van der Waals surface area contributed by atoms with Crippen LogP contribution in [0.15, 0.2) is 18.2 Å². The largest absolute Gasteiger partial charge is 0.465 e. The fraction of sp³-hybridized carbons (Fsp3) is 0.364. The predicted octanol–water partition coefficient (Wildman–Crippen LogP) is 1.40. The average molecular weight is 262 g/mol. The second kappa shape index (κ2) is 5.95. The van der Waals surface area contributed by atoms with Gasteiger partial charge in [-0.25, -0.2) is 4.39 Å². The lowest BCUT2D eigenvalue weighted by molar-refractivity contribution is -0.147. The van der Waals surface area contributed by atoms with Gasteiger partial charge in [0, 0.05) is 0 Å². The molecule has 0 fully saturated rings. The first-order valence-electron chi connectivity index (χ1n) is 5.02. The summed E-state index contributed by atoms with van der Waals surface area (Å²) >= 11 is 5.50. The third-order valence-electron chi connectivity index (χ3n) is 2.18. The molecule has 0 aliphatic heterocycles. The van der Waals surface area contributed by atoms with Crippen LogP contribution < -0.4 is 5.73 Å². The van der Waals surface area contributed by atoms with Gasteiger partial charge >= 0.3 is 5.97 Å². The minimum atomic E-state index is -1.33. The third-order valence-corrected chi connectivity index (χ3v) is 2.49. The van der Waals surface area contributed by atoms with Gasteiger partial charge in [-0.2, -0.15) is 0 Å². The summed E-state index contributed by atoms with van der Waals surface area (Å²) in [6.07, 6.45) is -1.33. The molecule has 0 unspecified atom stereocenters. The summed E-state index contributed by atoms with van der Waals surface area (Å²) in [6, 6.07) is 2.46. The van der Waals surface area contributed by atoms with Crippen molar-refractivity contribution < 1.29 is 19.0 Å². The van der Waals surface area contributed by atoms with Crippen molar-refractivity contribution in [3.8, 4) is 0 Å². The van der Waals surface area contributed by atoms with E-state index in [1.807, 2.05) is 0 Å². The minimum absolute atomic E-state index is 0.0642. The van der Waals surface area contributed by atoms with Gasteiger partial charge in [0.15, 0.2) is 0 Å². The molecule has 0 saturated carbocycles. The van der Waals surface area contributed by atoms with Crippen LogP contribution in [0.3, 0.4) is 0 Å². The van der Waals surface area contributed by atoms with Crippen LogP contribution in [0.1, 0.15) is 18.6 Å². The molecule has 0 amide bonds. The normalized spacial score (nSPS) is 14.2. The fourth-order valence-corrected chi connectivity index (χ4v) is 1.39.